The van der Waals surface area contributed by atoms with Gasteiger partial charge in [0.15, 0.2) is 23.1 Å². The van der Waals surface area contributed by atoms with E-state index in [0.29, 0.717) is 59.6 Å². The molecular weight excluding hydrogens is 865 g/mol. The molecule has 8 rings (SSSR count). The maximum Gasteiger partial charge on any atom is 0.166 e. The van der Waals surface area contributed by atoms with Gasteiger partial charge in [0, 0.05) is 69.7 Å². The molecule has 0 unspecified atom stereocenters. The Morgan fingerprint density at radius 2 is 0.970 bits per heavy atom. The highest BCUT2D eigenvalue weighted by Crippen LogP contribution is 2.38. The Labute approximate surface area is 397 Å². The maximum absolute atomic E-state index is 6.09. The Morgan fingerprint density at radius 1 is 0.576 bits per heavy atom. The van der Waals surface area contributed by atoms with Crippen molar-refractivity contribution in [1.82, 2.24) is 50.1 Å². The van der Waals surface area contributed by atoms with Gasteiger partial charge in [-0.1, -0.05) is 11.8 Å². The monoisotopic (exact) mass is 924 g/mol. The van der Waals surface area contributed by atoms with Crippen LogP contribution in [0, 0.1) is 34.5 Å². The fourth-order valence-corrected chi connectivity index (χ4v) is 9.20. The molecule has 0 amide bonds. The van der Waals surface area contributed by atoms with Crippen molar-refractivity contribution in [2.45, 2.75) is 92.3 Å². The van der Waals surface area contributed by atoms with Crippen molar-refractivity contribution in [3.63, 3.8) is 0 Å². The minimum Gasteiger partial charge on any atom is -0.485 e. The first kappa shape index (κ1) is 47.9. The number of hydrogen-bond acceptors (Lipinski definition) is 16. The predicted octanol–water partition coefficient (Wildman–Crippen LogP) is 8.73. The van der Waals surface area contributed by atoms with Crippen LogP contribution >= 0.6 is 22.7 Å². The number of likely N-dealkylation sites (tertiary alicyclic amines) is 2. The van der Waals surface area contributed by atoms with E-state index >= 15 is 0 Å². The molecule has 0 bridgehead atoms. The van der Waals surface area contributed by atoms with Crippen LogP contribution in [0.4, 0.5) is 11.6 Å². The van der Waals surface area contributed by atoms with Gasteiger partial charge in [-0.2, -0.15) is 10.2 Å². The summed E-state index contributed by atoms with van der Waals surface area (Å²) in [5, 5.41) is 18.7. The number of anilines is 2. The number of piperidine rings is 2. The zero-order valence-electron chi connectivity index (χ0n) is 39.3. The Bertz CT molecular complexity index is 2520. The van der Waals surface area contributed by atoms with Gasteiger partial charge in [0.05, 0.1) is 32.2 Å². The highest BCUT2D eigenvalue weighted by molar-refractivity contribution is 7.15. The molecule has 6 aromatic rings. The summed E-state index contributed by atoms with van der Waals surface area (Å²) < 4.78 is 12.0. The summed E-state index contributed by atoms with van der Waals surface area (Å²) in [4.78, 5) is 25.0. The number of rotatable bonds is 10. The second kappa shape index (κ2) is 21.5. The summed E-state index contributed by atoms with van der Waals surface area (Å²) >= 11 is 3.47. The van der Waals surface area contributed by atoms with Crippen LogP contribution in [0.25, 0.3) is 20.9 Å². The normalized spacial score (nSPS) is 15.2. The van der Waals surface area contributed by atoms with E-state index < -0.39 is 0 Å². The number of ether oxygens (including phenoxy) is 2. The van der Waals surface area contributed by atoms with Crippen LogP contribution in [0.2, 0.25) is 0 Å². The van der Waals surface area contributed by atoms with Gasteiger partial charge in [-0.3, -0.25) is 0 Å². The van der Waals surface area contributed by atoms with Crippen LogP contribution < -0.4 is 20.9 Å². The molecule has 8 heterocycles. The van der Waals surface area contributed by atoms with Crippen LogP contribution in [0.15, 0.2) is 61.4 Å². The lowest BCUT2D eigenvalue weighted by atomic mass is 9.98. The van der Waals surface area contributed by atoms with E-state index in [2.05, 4.69) is 119 Å². The highest BCUT2D eigenvalue weighted by Gasteiger charge is 2.23. The molecule has 4 N–H and O–H groups in total. The Kier molecular flexibility index (Phi) is 15.6. The molecular formula is C50H60N12O2S2. The minimum absolute atomic E-state index is 0.0986. The fraction of sp³-hybridized carbons (Fsp3) is 0.440. The molecule has 2 saturated heterocycles. The third-order valence-electron chi connectivity index (χ3n) is 10.9. The van der Waals surface area contributed by atoms with Gasteiger partial charge in [0.25, 0.3) is 0 Å². The maximum atomic E-state index is 6.09. The van der Waals surface area contributed by atoms with Crippen LogP contribution in [0.5, 0.6) is 11.5 Å². The Hall–Kier alpha value is -6.04. The summed E-state index contributed by atoms with van der Waals surface area (Å²) in [6.45, 7) is 17.4. The average Bonchev–Trinajstić information content (AvgIpc) is 4.00. The number of pyridine rings is 2. The molecule has 2 aliphatic rings. The Morgan fingerprint density at radius 3 is 1.35 bits per heavy atom. The van der Waals surface area contributed by atoms with Gasteiger partial charge in [0.2, 0.25) is 0 Å². The molecule has 6 aromatic heterocycles. The molecule has 0 aliphatic carbocycles. The van der Waals surface area contributed by atoms with Crippen molar-refractivity contribution in [2.24, 2.45) is 10.8 Å². The third-order valence-corrected chi connectivity index (χ3v) is 13.3. The van der Waals surface area contributed by atoms with Gasteiger partial charge < -0.3 is 30.7 Å². The van der Waals surface area contributed by atoms with E-state index in [0.717, 1.165) is 83.9 Å². The molecule has 0 spiro atoms. The summed E-state index contributed by atoms with van der Waals surface area (Å²) in [5.74, 6) is 15.4. The van der Waals surface area contributed by atoms with E-state index in [1.54, 1.807) is 47.5 Å². The van der Waals surface area contributed by atoms with Gasteiger partial charge in [-0.25, -0.2) is 19.9 Å². The molecule has 0 aromatic carbocycles. The summed E-state index contributed by atoms with van der Waals surface area (Å²) in [5.41, 5.74) is 16.9. The number of nitrogen functional groups attached to an aromatic ring is 2. The molecule has 344 valence electrons. The van der Waals surface area contributed by atoms with Gasteiger partial charge in [0.1, 0.15) is 24.6 Å². The second-order valence-electron chi connectivity index (χ2n) is 19.0. The Balaban J connectivity index is 0.000000196. The molecule has 2 aliphatic heterocycles. The average molecular weight is 925 g/mol. The van der Waals surface area contributed by atoms with Crippen LogP contribution in [0.3, 0.4) is 0 Å². The second-order valence-corrected chi connectivity index (χ2v) is 21.1. The lowest BCUT2D eigenvalue weighted by molar-refractivity contribution is 0.255. The van der Waals surface area contributed by atoms with E-state index in [1.165, 1.54) is 10.0 Å². The standard InChI is InChI=1S/2C25H30N6OS/c2*1-25(2,3)8-5-20-11-17(13-29-30-20)16-32-21-12-19(14-27-23(21)26)22-15-28-24(33-22)18-6-9-31(4)10-7-18/h2*11-15,18H,6-7,9-10,16H2,1-4H3,(H2,26,27). The zero-order chi connectivity index (χ0) is 46.8. The fourth-order valence-electron chi connectivity index (χ4n) is 7.06. The van der Waals surface area contributed by atoms with E-state index in [-0.39, 0.29) is 10.8 Å². The van der Waals surface area contributed by atoms with Crippen molar-refractivity contribution in [2.75, 3.05) is 51.7 Å². The highest BCUT2D eigenvalue weighted by atomic mass is 32.1. The molecule has 2 fully saturated rings. The summed E-state index contributed by atoms with van der Waals surface area (Å²) in [6.07, 6.45) is 15.4. The molecule has 0 saturated carbocycles. The van der Waals surface area contributed by atoms with Crippen molar-refractivity contribution < 1.29 is 9.47 Å². The number of hydrogen-bond donors (Lipinski definition) is 2. The lowest BCUT2D eigenvalue weighted by Gasteiger charge is -2.27. The first-order valence-corrected chi connectivity index (χ1v) is 23.9. The van der Waals surface area contributed by atoms with Crippen molar-refractivity contribution in [3.8, 4) is 56.1 Å². The van der Waals surface area contributed by atoms with E-state index in [1.807, 2.05) is 36.7 Å². The third kappa shape index (κ3) is 14.0. The molecule has 0 atom stereocenters. The quantitative estimate of drug-likeness (QED) is 0.125. The van der Waals surface area contributed by atoms with Crippen molar-refractivity contribution in [3.05, 3.63) is 94.0 Å². The van der Waals surface area contributed by atoms with Crippen LogP contribution in [-0.2, 0) is 13.2 Å². The molecule has 66 heavy (non-hydrogen) atoms. The van der Waals surface area contributed by atoms with E-state index in [9.17, 15) is 0 Å². The largest absolute Gasteiger partial charge is 0.485 e. The smallest absolute Gasteiger partial charge is 0.166 e. The van der Waals surface area contributed by atoms with Gasteiger partial charge >= 0.3 is 0 Å². The van der Waals surface area contributed by atoms with Gasteiger partial charge in [-0.15, -0.1) is 32.9 Å². The number of aromatic nitrogens is 8. The molecule has 0 radical (unpaired) electrons. The number of nitrogens with zero attached hydrogens (tertiary/aromatic N) is 10. The SMILES string of the molecule is CN1CCC(c2ncc(-c3cnc(N)c(OCc4cnnc(C#CC(C)(C)C)c4)c3)s2)CC1.CN1CCC(c2ncc(-c3cnc(N)c(OCc4cnnc(C#CC(C)(C)C)c4)c3)s2)CC1. The first-order chi connectivity index (χ1) is 31.5. The summed E-state index contributed by atoms with van der Waals surface area (Å²) in [6, 6.07) is 7.64. The van der Waals surface area contributed by atoms with Crippen molar-refractivity contribution in [1.29, 1.82) is 0 Å². The minimum atomic E-state index is -0.0986. The van der Waals surface area contributed by atoms with Crippen LogP contribution in [0.1, 0.15) is 112 Å². The van der Waals surface area contributed by atoms with E-state index in [4.69, 9.17) is 30.9 Å². The zero-order valence-corrected chi connectivity index (χ0v) is 40.9. The van der Waals surface area contributed by atoms with Crippen LogP contribution in [-0.4, -0.2) is 90.4 Å². The summed E-state index contributed by atoms with van der Waals surface area (Å²) in [7, 11) is 4.35. The van der Waals surface area contributed by atoms with Gasteiger partial charge in [-0.05, 0) is 144 Å². The lowest BCUT2D eigenvalue weighted by Crippen LogP contribution is -2.29. The predicted molar refractivity (Wildman–Crippen MR) is 264 cm³/mol. The number of nitrogens with two attached hydrogens (primary N) is 2. The first-order valence-electron chi connectivity index (χ1n) is 22.3. The number of thiazole rings is 2. The molecule has 14 nitrogen and oxygen atoms in total. The van der Waals surface area contributed by atoms with Crippen molar-refractivity contribution >= 4 is 34.3 Å². The topological polar surface area (TPSA) is 180 Å². The molecule has 16 heteroatoms.